The maximum atomic E-state index is 13.3. The Morgan fingerprint density at radius 3 is 2.42 bits per heavy atom. The highest BCUT2D eigenvalue weighted by atomic mass is 16.5. The molecule has 0 N–H and O–H groups in total. The van der Waals surface area contributed by atoms with Gasteiger partial charge in [-0.2, -0.15) is 0 Å². The molecule has 0 fully saturated rings. The Morgan fingerprint density at radius 1 is 0.968 bits per heavy atom. The molecule has 4 aromatic rings. The van der Waals surface area contributed by atoms with Crippen LogP contribution in [0.5, 0.6) is 5.75 Å². The molecule has 2 aromatic carbocycles. The minimum atomic E-state index is -0.603. The molecule has 6 nitrogen and oxygen atoms in total. The number of ether oxygens (including phenoxy) is 2. The van der Waals surface area contributed by atoms with Gasteiger partial charge in [-0.3, -0.25) is 4.79 Å². The van der Waals surface area contributed by atoms with Crippen molar-refractivity contribution in [2.75, 3.05) is 7.11 Å². The normalized spacial score (nSPS) is 11.0. The Balaban J connectivity index is 1.77. The summed E-state index contributed by atoms with van der Waals surface area (Å²) in [5.74, 6) is 0.956. The molecule has 0 radical (unpaired) electrons. The Morgan fingerprint density at radius 2 is 1.71 bits per heavy atom. The van der Waals surface area contributed by atoms with E-state index >= 15 is 0 Å². The number of methoxy groups -OCH3 is 1. The summed E-state index contributed by atoms with van der Waals surface area (Å²) in [4.78, 5) is 25.1. The number of rotatable bonds is 5. The van der Waals surface area contributed by atoms with Crippen molar-refractivity contribution < 1.29 is 23.1 Å². The number of carbonyl (C=O) groups is 1. The number of hydrogen-bond acceptors (Lipinski definition) is 6. The van der Waals surface area contributed by atoms with Crippen LogP contribution < -0.4 is 10.2 Å². The molecular formula is C25H22O6. The van der Waals surface area contributed by atoms with Gasteiger partial charge in [-0.1, -0.05) is 30.3 Å². The quantitative estimate of drug-likeness (QED) is 0.407. The topological polar surface area (TPSA) is 78.9 Å². The van der Waals surface area contributed by atoms with Crippen molar-refractivity contribution in [3.8, 4) is 16.9 Å². The zero-order valence-corrected chi connectivity index (χ0v) is 17.8. The van der Waals surface area contributed by atoms with Crippen LogP contribution in [0.2, 0.25) is 0 Å². The number of fused-ring (bicyclic) bond motifs is 1. The smallest absolute Gasteiger partial charge is 0.373 e. The maximum Gasteiger partial charge on any atom is 0.373 e. The fourth-order valence-electron chi connectivity index (χ4n) is 3.62. The highest BCUT2D eigenvalue weighted by Gasteiger charge is 2.22. The summed E-state index contributed by atoms with van der Waals surface area (Å²) >= 11 is 0. The minimum absolute atomic E-state index is 0.0368. The third kappa shape index (κ3) is 3.72. The molecule has 0 saturated heterocycles. The van der Waals surface area contributed by atoms with Crippen LogP contribution in [0.25, 0.3) is 22.1 Å². The van der Waals surface area contributed by atoms with E-state index in [2.05, 4.69) is 0 Å². The van der Waals surface area contributed by atoms with Gasteiger partial charge in [0.15, 0.2) is 0 Å². The molecule has 0 aliphatic heterocycles. The number of esters is 1. The zero-order valence-electron chi connectivity index (χ0n) is 17.8. The van der Waals surface area contributed by atoms with E-state index in [-0.39, 0.29) is 11.2 Å². The third-order valence-corrected chi connectivity index (χ3v) is 5.25. The third-order valence-electron chi connectivity index (χ3n) is 5.25. The maximum absolute atomic E-state index is 13.3. The number of aryl methyl sites for hydroxylation is 3. The summed E-state index contributed by atoms with van der Waals surface area (Å²) in [6, 6.07) is 14.8. The van der Waals surface area contributed by atoms with Crippen molar-refractivity contribution in [1.29, 1.82) is 0 Å². The molecule has 0 spiro atoms. The molecule has 0 saturated carbocycles. The summed E-state index contributed by atoms with van der Waals surface area (Å²) < 4.78 is 22.2. The van der Waals surface area contributed by atoms with Crippen LogP contribution in [-0.2, 0) is 11.3 Å². The average molecular weight is 418 g/mol. The van der Waals surface area contributed by atoms with Gasteiger partial charge < -0.3 is 18.3 Å². The fourth-order valence-corrected chi connectivity index (χ4v) is 3.62. The van der Waals surface area contributed by atoms with E-state index in [0.29, 0.717) is 46.0 Å². The number of furan rings is 1. The van der Waals surface area contributed by atoms with Gasteiger partial charge in [0.2, 0.25) is 11.2 Å². The minimum Gasteiger partial charge on any atom is -0.488 e. The number of carbonyl (C=O) groups excluding carboxylic acids is 1. The molecule has 4 rings (SSSR count). The van der Waals surface area contributed by atoms with Gasteiger partial charge in [-0.05, 0) is 44.5 Å². The van der Waals surface area contributed by atoms with Crippen molar-refractivity contribution in [3.63, 3.8) is 0 Å². The van der Waals surface area contributed by atoms with Crippen LogP contribution in [0.15, 0.2) is 62.2 Å². The molecule has 0 aliphatic rings. The first-order valence-electron chi connectivity index (χ1n) is 9.83. The van der Waals surface area contributed by atoms with Crippen molar-refractivity contribution in [3.05, 3.63) is 87.2 Å². The lowest BCUT2D eigenvalue weighted by atomic mass is 10.0. The Hall–Kier alpha value is -3.80. The van der Waals surface area contributed by atoms with Gasteiger partial charge >= 0.3 is 5.97 Å². The lowest BCUT2D eigenvalue weighted by Gasteiger charge is -2.12. The van der Waals surface area contributed by atoms with Gasteiger partial charge in [0, 0.05) is 11.1 Å². The first kappa shape index (κ1) is 20.5. The molecule has 158 valence electrons. The van der Waals surface area contributed by atoms with Crippen LogP contribution in [0.1, 0.15) is 33.2 Å². The first-order valence-corrected chi connectivity index (χ1v) is 9.83. The molecule has 6 heteroatoms. The summed E-state index contributed by atoms with van der Waals surface area (Å²) in [6.07, 6.45) is 0. The Bertz CT molecular complexity index is 1330. The molecule has 0 bridgehead atoms. The highest BCUT2D eigenvalue weighted by Crippen LogP contribution is 2.33. The second-order valence-electron chi connectivity index (χ2n) is 7.27. The Labute approximate surface area is 179 Å². The van der Waals surface area contributed by atoms with E-state index < -0.39 is 5.97 Å². The highest BCUT2D eigenvalue weighted by molar-refractivity contribution is 5.90. The van der Waals surface area contributed by atoms with E-state index in [1.807, 2.05) is 37.3 Å². The molecule has 0 amide bonds. The molecule has 0 unspecified atom stereocenters. The van der Waals surface area contributed by atoms with Crippen molar-refractivity contribution in [2.45, 2.75) is 27.4 Å². The largest absolute Gasteiger partial charge is 0.488 e. The van der Waals surface area contributed by atoms with Crippen LogP contribution in [0.4, 0.5) is 0 Å². The van der Waals surface area contributed by atoms with Crippen molar-refractivity contribution in [2.24, 2.45) is 0 Å². The van der Waals surface area contributed by atoms with Gasteiger partial charge in [0.05, 0.1) is 18.1 Å². The standard InChI is InChI=1S/C25H22O6/c1-14-20(29-13-17-8-6-5-7-9-17)11-10-18-23(26)22(16(3)31-24(14)18)19-12-21(25(27)28-4)30-15(19)2/h5-12H,13H2,1-4H3. The second-order valence-corrected chi connectivity index (χ2v) is 7.27. The average Bonchev–Trinajstić information content (AvgIpc) is 3.15. The predicted molar refractivity (Wildman–Crippen MR) is 117 cm³/mol. The predicted octanol–water partition coefficient (Wildman–Crippen LogP) is 5.34. The molecule has 0 aliphatic carbocycles. The second kappa shape index (κ2) is 8.14. The lowest BCUT2D eigenvalue weighted by Crippen LogP contribution is -2.09. The first-order chi connectivity index (χ1) is 14.9. The van der Waals surface area contributed by atoms with E-state index in [1.165, 1.54) is 13.2 Å². The van der Waals surface area contributed by atoms with Crippen LogP contribution in [0, 0.1) is 20.8 Å². The Kier molecular flexibility index (Phi) is 5.38. The summed E-state index contributed by atoms with van der Waals surface area (Å²) in [7, 11) is 1.27. The van der Waals surface area contributed by atoms with Gasteiger partial charge in [-0.25, -0.2) is 4.79 Å². The summed E-state index contributed by atoms with van der Waals surface area (Å²) in [5.41, 5.74) is 2.95. The fraction of sp³-hybridized carbons (Fsp3) is 0.200. The summed E-state index contributed by atoms with van der Waals surface area (Å²) in [6.45, 7) is 5.69. The molecule has 31 heavy (non-hydrogen) atoms. The van der Waals surface area contributed by atoms with Crippen LogP contribution in [0.3, 0.4) is 0 Å². The van der Waals surface area contributed by atoms with E-state index in [0.717, 1.165) is 11.1 Å². The van der Waals surface area contributed by atoms with Crippen LogP contribution in [-0.4, -0.2) is 13.1 Å². The zero-order chi connectivity index (χ0) is 22.1. The number of benzene rings is 2. The molecule has 2 heterocycles. The van der Waals surface area contributed by atoms with Gasteiger partial charge in [0.25, 0.3) is 0 Å². The van der Waals surface area contributed by atoms with E-state index in [9.17, 15) is 9.59 Å². The molecule has 0 atom stereocenters. The monoisotopic (exact) mass is 418 g/mol. The molecule has 2 aromatic heterocycles. The van der Waals surface area contributed by atoms with E-state index in [4.69, 9.17) is 18.3 Å². The van der Waals surface area contributed by atoms with Crippen molar-refractivity contribution in [1.82, 2.24) is 0 Å². The lowest BCUT2D eigenvalue weighted by molar-refractivity contribution is 0.0563. The SMILES string of the molecule is COC(=O)c1cc(-c2c(C)oc3c(C)c(OCc4ccccc4)ccc3c2=O)c(C)o1. The van der Waals surface area contributed by atoms with Crippen molar-refractivity contribution >= 4 is 16.9 Å². The van der Waals surface area contributed by atoms with Gasteiger partial charge in [-0.15, -0.1) is 0 Å². The molecular weight excluding hydrogens is 396 g/mol. The summed E-state index contributed by atoms with van der Waals surface area (Å²) in [5, 5.41) is 0.436. The van der Waals surface area contributed by atoms with E-state index in [1.54, 1.807) is 26.0 Å². The van der Waals surface area contributed by atoms with Gasteiger partial charge in [0.1, 0.15) is 29.5 Å². The number of hydrogen-bond donors (Lipinski definition) is 0. The van der Waals surface area contributed by atoms with Crippen LogP contribution >= 0.6 is 0 Å².